The van der Waals surface area contributed by atoms with Gasteiger partial charge in [0.1, 0.15) is 0 Å². The third-order valence-corrected chi connectivity index (χ3v) is 5.43. The summed E-state index contributed by atoms with van der Waals surface area (Å²) in [6.07, 6.45) is 5.61. The molecular weight excluding hydrogens is 310 g/mol. The smallest absolute Gasteiger partial charge is 0.246 e. The molecule has 7 nitrogen and oxygen atoms in total. The minimum absolute atomic E-state index is 0.0135. The maximum atomic E-state index is 12.3. The van der Waals surface area contributed by atoms with Crippen LogP contribution in [0.4, 0.5) is 0 Å². The molecule has 3 rings (SSSR count). The van der Waals surface area contributed by atoms with Gasteiger partial charge in [0.2, 0.25) is 11.8 Å². The molecule has 0 radical (unpaired) electrons. The third kappa shape index (κ3) is 3.79. The lowest BCUT2D eigenvalue weighted by Gasteiger charge is -2.37. The molecule has 3 aliphatic heterocycles. The second kappa shape index (κ2) is 7.63. The first-order valence-corrected chi connectivity index (χ1v) is 8.80. The molecule has 1 spiro atoms. The fraction of sp³-hybridized carbons (Fsp3) is 0.765. The molecule has 0 bridgehead atoms. The Morgan fingerprint density at radius 2 is 2.00 bits per heavy atom. The highest BCUT2D eigenvalue weighted by atomic mass is 16.5. The molecule has 1 atom stereocenters. The molecule has 24 heavy (non-hydrogen) atoms. The van der Waals surface area contributed by atoms with Gasteiger partial charge in [-0.2, -0.15) is 0 Å². The van der Waals surface area contributed by atoms with Crippen molar-refractivity contribution in [3.63, 3.8) is 0 Å². The number of piperidine rings is 1. The van der Waals surface area contributed by atoms with Gasteiger partial charge < -0.3 is 20.1 Å². The third-order valence-electron chi connectivity index (χ3n) is 5.43. The molecule has 0 unspecified atom stereocenters. The lowest BCUT2D eigenvalue weighted by atomic mass is 9.76. The van der Waals surface area contributed by atoms with Crippen molar-refractivity contribution in [1.29, 1.82) is 0 Å². The van der Waals surface area contributed by atoms with Gasteiger partial charge in [0.25, 0.3) is 0 Å². The van der Waals surface area contributed by atoms with Crippen molar-refractivity contribution in [1.82, 2.24) is 15.1 Å². The summed E-state index contributed by atoms with van der Waals surface area (Å²) < 4.78 is 5.30. The van der Waals surface area contributed by atoms with Gasteiger partial charge in [-0.1, -0.05) is 6.08 Å². The second-order valence-electron chi connectivity index (χ2n) is 6.98. The zero-order valence-electron chi connectivity index (χ0n) is 14.1. The summed E-state index contributed by atoms with van der Waals surface area (Å²) >= 11 is 0. The monoisotopic (exact) mass is 337 g/mol. The van der Waals surface area contributed by atoms with Crippen LogP contribution in [0.2, 0.25) is 0 Å². The first kappa shape index (κ1) is 17.4. The van der Waals surface area contributed by atoms with Crippen molar-refractivity contribution in [3.05, 3.63) is 12.2 Å². The Labute approximate surface area is 142 Å². The molecule has 3 saturated heterocycles. The number of hydrogen-bond donors (Lipinski definition) is 2. The molecule has 3 aliphatic rings. The van der Waals surface area contributed by atoms with Crippen LogP contribution in [0.25, 0.3) is 0 Å². The number of nitrogens with zero attached hydrogens (tertiary/aromatic N) is 2. The molecule has 134 valence electrons. The van der Waals surface area contributed by atoms with Gasteiger partial charge in [-0.15, -0.1) is 0 Å². The number of aliphatic hydroxyl groups is 1. The van der Waals surface area contributed by atoms with Gasteiger partial charge in [-0.05, 0) is 19.3 Å². The topological polar surface area (TPSA) is 82.1 Å². The van der Waals surface area contributed by atoms with E-state index in [-0.39, 0.29) is 29.9 Å². The Hall–Kier alpha value is -1.44. The first-order valence-electron chi connectivity index (χ1n) is 8.80. The van der Waals surface area contributed by atoms with Crippen LogP contribution in [0.15, 0.2) is 12.2 Å². The molecule has 0 aliphatic carbocycles. The number of nitrogens with one attached hydrogen (secondary N) is 1. The molecule has 3 heterocycles. The lowest BCUT2D eigenvalue weighted by Crippen LogP contribution is -2.45. The van der Waals surface area contributed by atoms with Crippen molar-refractivity contribution in [2.75, 3.05) is 52.5 Å². The van der Waals surface area contributed by atoms with E-state index < -0.39 is 0 Å². The molecule has 7 heteroatoms. The molecule has 3 fully saturated rings. The van der Waals surface area contributed by atoms with Crippen LogP contribution in [-0.4, -0.2) is 85.3 Å². The number of morpholine rings is 1. The van der Waals surface area contributed by atoms with Crippen LogP contribution in [0.1, 0.15) is 19.3 Å². The van der Waals surface area contributed by atoms with E-state index in [1.165, 1.54) is 0 Å². The number of carbonyl (C=O) groups excluding carboxylic acids is 2. The number of likely N-dealkylation sites (tertiary alicyclic amines) is 1. The Kier molecular flexibility index (Phi) is 5.53. The molecule has 0 aromatic carbocycles. The number of ether oxygens (including phenoxy) is 1. The Morgan fingerprint density at radius 1 is 1.29 bits per heavy atom. The highest BCUT2D eigenvalue weighted by molar-refractivity contribution is 5.89. The molecule has 2 N–H and O–H groups in total. The van der Waals surface area contributed by atoms with Gasteiger partial charge in [0.15, 0.2) is 0 Å². The average molecular weight is 337 g/mol. The van der Waals surface area contributed by atoms with E-state index in [9.17, 15) is 14.7 Å². The summed E-state index contributed by atoms with van der Waals surface area (Å²) in [4.78, 5) is 28.6. The van der Waals surface area contributed by atoms with E-state index in [4.69, 9.17) is 4.74 Å². The van der Waals surface area contributed by atoms with E-state index in [0.29, 0.717) is 32.4 Å². The second-order valence-corrected chi connectivity index (χ2v) is 6.98. The van der Waals surface area contributed by atoms with Crippen molar-refractivity contribution in [3.8, 4) is 0 Å². The van der Waals surface area contributed by atoms with Crippen LogP contribution < -0.4 is 5.32 Å². The maximum absolute atomic E-state index is 12.3. The number of rotatable bonds is 4. The zero-order valence-corrected chi connectivity index (χ0v) is 14.1. The predicted octanol–water partition coefficient (Wildman–Crippen LogP) is -0.636. The number of carbonyl (C=O) groups is 2. The number of aliphatic hydroxyl groups excluding tert-OH is 1. The van der Waals surface area contributed by atoms with Crippen LogP contribution >= 0.6 is 0 Å². The van der Waals surface area contributed by atoms with E-state index in [2.05, 4.69) is 10.2 Å². The van der Waals surface area contributed by atoms with Gasteiger partial charge in [-0.25, -0.2) is 0 Å². The van der Waals surface area contributed by atoms with Gasteiger partial charge in [0.05, 0.1) is 31.3 Å². The van der Waals surface area contributed by atoms with Crippen molar-refractivity contribution in [2.45, 2.75) is 25.3 Å². The van der Waals surface area contributed by atoms with Crippen LogP contribution in [0.3, 0.4) is 0 Å². The number of amides is 2. The van der Waals surface area contributed by atoms with Gasteiger partial charge in [-0.3, -0.25) is 14.5 Å². The van der Waals surface area contributed by atoms with E-state index in [0.717, 1.165) is 32.8 Å². The fourth-order valence-corrected chi connectivity index (χ4v) is 3.84. The van der Waals surface area contributed by atoms with E-state index >= 15 is 0 Å². The van der Waals surface area contributed by atoms with E-state index in [1.54, 1.807) is 6.08 Å². The summed E-state index contributed by atoms with van der Waals surface area (Å²) in [5, 5.41) is 12.1. The van der Waals surface area contributed by atoms with Gasteiger partial charge in [0, 0.05) is 38.8 Å². The molecular formula is C17H27N3O4. The molecule has 0 aromatic rings. The first-order chi connectivity index (χ1) is 11.6. The Bertz CT molecular complexity index is 494. The highest BCUT2D eigenvalue weighted by Crippen LogP contribution is 2.40. The van der Waals surface area contributed by atoms with Crippen LogP contribution in [-0.2, 0) is 14.3 Å². The number of hydrogen-bond acceptors (Lipinski definition) is 5. The van der Waals surface area contributed by atoms with Gasteiger partial charge >= 0.3 is 0 Å². The largest absolute Gasteiger partial charge is 0.394 e. The summed E-state index contributed by atoms with van der Waals surface area (Å²) in [6, 6.07) is -0.131. The maximum Gasteiger partial charge on any atom is 0.246 e. The SMILES string of the molecule is O=C(/C=C/CN1CCOCC1)N1CCC2(CC1)C[C@@H](CO)NC2=O. The minimum atomic E-state index is -0.387. The fourth-order valence-electron chi connectivity index (χ4n) is 3.84. The quantitative estimate of drug-likeness (QED) is 0.667. The van der Waals surface area contributed by atoms with Crippen molar-refractivity contribution < 1.29 is 19.4 Å². The highest BCUT2D eigenvalue weighted by Gasteiger charge is 2.48. The summed E-state index contributed by atoms with van der Waals surface area (Å²) in [6.45, 7) is 5.30. The zero-order chi connectivity index (χ0) is 17.0. The normalized spacial score (nSPS) is 27.8. The Morgan fingerprint density at radius 3 is 2.62 bits per heavy atom. The van der Waals surface area contributed by atoms with Crippen LogP contribution in [0.5, 0.6) is 0 Å². The van der Waals surface area contributed by atoms with Crippen molar-refractivity contribution >= 4 is 11.8 Å². The molecule has 2 amide bonds. The lowest BCUT2D eigenvalue weighted by molar-refractivity contribution is -0.135. The summed E-state index contributed by atoms with van der Waals surface area (Å²) in [5.74, 6) is 0.0618. The minimum Gasteiger partial charge on any atom is -0.394 e. The van der Waals surface area contributed by atoms with E-state index in [1.807, 2.05) is 11.0 Å². The summed E-state index contributed by atoms with van der Waals surface area (Å²) in [5.41, 5.74) is -0.387. The van der Waals surface area contributed by atoms with Crippen molar-refractivity contribution in [2.24, 2.45) is 5.41 Å². The average Bonchev–Trinajstić information content (AvgIpc) is 2.92. The standard InChI is InChI=1S/C17H27N3O4/c21-13-14-12-17(16(23)18-14)3-6-20(7-4-17)15(22)2-1-5-19-8-10-24-11-9-19/h1-2,14,21H,3-13H2,(H,18,23)/b2-1+/t14-/m0/s1. The van der Waals surface area contributed by atoms with Crippen LogP contribution in [0, 0.1) is 5.41 Å². The predicted molar refractivity (Wildman–Crippen MR) is 88.3 cm³/mol. The summed E-state index contributed by atoms with van der Waals surface area (Å²) in [7, 11) is 0. The molecule has 0 saturated carbocycles. The molecule has 0 aromatic heterocycles. The Balaban J connectivity index is 1.46.